The molecule has 3 rings (SSSR count). The van der Waals surface area contributed by atoms with Crippen LogP contribution >= 0.6 is 0 Å². The number of nitrogens with zero attached hydrogens (tertiary/aromatic N) is 3. The van der Waals surface area contributed by atoms with E-state index in [1.807, 2.05) is 6.07 Å². The van der Waals surface area contributed by atoms with Crippen LogP contribution in [0, 0.1) is 23.0 Å². The number of halogens is 2. The van der Waals surface area contributed by atoms with Gasteiger partial charge in [0, 0.05) is 23.4 Å². The maximum absolute atomic E-state index is 14.2. The molecule has 1 aromatic heterocycles. The number of aromatic nitrogens is 2. The van der Waals surface area contributed by atoms with Crippen molar-refractivity contribution in [3.63, 3.8) is 0 Å². The lowest BCUT2D eigenvalue weighted by atomic mass is 10.1. The molecule has 0 saturated heterocycles. The lowest BCUT2D eigenvalue weighted by Gasteiger charge is -2.19. The third-order valence-electron chi connectivity index (χ3n) is 4.33. The van der Waals surface area contributed by atoms with Crippen LogP contribution < -0.4 is 5.32 Å². The second-order valence-electron chi connectivity index (χ2n) is 6.00. The fraction of sp³-hybridized carbons (Fsp3) is 0.389. The van der Waals surface area contributed by atoms with Crippen LogP contribution in [0.3, 0.4) is 0 Å². The summed E-state index contributed by atoms with van der Waals surface area (Å²) in [6, 6.07) is 6.11. The summed E-state index contributed by atoms with van der Waals surface area (Å²) in [5.41, 5.74) is 0.464. The first kappa shape index (κ1) is 16.3. The van der Waals surface area contributed by atoms with Gasteiger partial charge in [0.1, 0.15) is 11.9 Å². The molecule has 0 amide bonds. The number of anilines is 1. The lowest BCUT2D eigenvalue weighted by Crippen LogP contribution is -2.20. The molecular formula is C18H18F2N4. The molecule has 0 unspecified atom stereocenters. The predicted octanol–water partition coefficient (Wildman–Crippen LogP) is 4.43. The largest absolute Gasteiger partial charge is 0.367 e. The smallest absolute Gasteiger partial charge is 0.234 e. The summed E-state index contributed by atoms with van der Waals surface area (Å²) in [7, 11) is 0. The van der Waals surface area contributed by atoms with E-state index in [4.69, 9.17) is 5.26 Å². The van der Waals surface area contributed by atoms with Crippen LogP contribution in [-0.4, -0.2) is 16.0 Å². The molecule has 1 fully saturated rings. The van der Waals surface area contributed by atoms with Crippen LogP contribution in [0.25, 0.3) is 11.1 Å². The molecule has 0 spiro atoms. The van der Waals surface area contributed by atoms with Crippen molar-refractivity contribution in [1.29, 1.82) is 5.26 Å². The minimum Gasteiger partial charge on any atom is -0.367 e. The molecule has 2 aromatic rings. The Bertz CT molecular complexity index is 762. The summed E-state index contributed by atoms with van der Waals surface area (Å²) in [6.45, 7) is 0. The fourth-order valence-electron chi connectivity index (χ4n) is 3.07. The van der Waals surface area contributed by atoms with Crippen molar-refractivity contribution in [3.05, 3.63) is 41.9 Å². The Labute approximate surface area is 139 Å². The zero-order valence-electron chi connectivity index (χ0n) is 13.2. The van der Waals surface area contributed by atoms with Gasteiger partial charge in [-0.3, -0.25) is 0 Å². The molecule has 1 aliphatic carbocycles. The molecule has 6 heteroatoms. The normalized spacial score (nSPS) is 15.5. The topological polar surface area (TPSA) is 61.6 Å². The monoisotopic (exact) mass is 328 g/mol. The Kier molecular flexibility index (Phi) is 4.99. The molecule has 0 bridgehead atoms. The van der Waals surface area contributed by atoms with E-state index >= 15 is 0 Å². The summed E-state index contributed by atoms with van der Waals surface area (Å²) in [4.78, 5) is 8.11. The number of benzene rings is 1. The first-order valence-corrected chi connectivity index (χ1v) is 8.17. The van der Waals surface area contributed by atoms with Crippen LogP contribution in [-0.2, 0) is 0 Å². The highest BCUT2D eigenvalue weighted by Gasteiger charge is 2.19. The zero-order valence-corrected chi connectivity index (χ0v) is 13.2. The second kappa shape index (κ2) is 7.35. The van der Waals surface area contributed by atoms with Gasteiger partial charge in [-0.1, -0.05) is 37.8 Å². The number of nitriles is 1. The molecule has 0 radical (unpaired) electrons. The highest BCUT2D eigenvalue weighted by molar-refractivity contribution is 5.75. The standard InChI is InChI=1S/C18H18F2N4/c19-15-9-5-8-13(17(15)20)14-11-22-16(10-21)24-18(14)23-12-6-3-1-2-4-7-12/h5,8-9,11-12H,1-4,6-7H2,(H,22,23,24). The number of nitrogens with one attached hydrogen (secondary N) is 1. The summed E-state index contributed by atoms with van der Waals surface area (Å²) >= 11 is 0. The van der Waals surface area contributed by atoms with E-state index in [-0.39, 0.29) is 17.4 Å². The van der Waals surface area contributed by atoms with E-state index < -0.39 is 11.6 Å². The summed E-state index contributed by atoms with van der Waals surface area (Å²) in [5.74, 6) is -1.46. The third-order valence-corrected chi connectivity index (χ3v) is 4.33. The van der Waals surface area contributed by atoms with Crippen molar-refractivity contribution in [2.24, 2.45) is 0 Å². The quantitative estimate of drug-likeness (QED) is 0.847. The highest BCUT2D eigenvalue weighted by atomic mass is 19.2. The van der Waals surface area contributed by atoms with E-state index in [1.54, 1.807) is 0 Å². The van der Waals surface area contributed by atoms with Gasteiger partial charge < -0.3 is 5.32 Å². The Balaban J connectivity index is 1.99. The Morgan fingerprint density at radius 2 is 1.83 bits per heavy atom. The Morgan fingerprint density at radius 1 is 1.08 bits per heavy atom. The van der Waals surface area contributed by atoms with E-state index in [2.05, 4.69) is 15.3 Å². The van der Waals surface area contributed by atoms with Crippen LogP contribution in [0.5, 0.6) is 0 Å². The molecule has 1 saturated carbocycles. The molecule has 1 heterocycles. The van der Waals surface area contributed by atoms with E-state index in [0.29, 0.717) is 11.4 Å². The van der Waals surface area contributed by atoms with Gasteiger partial charge in [0.15, 0.2) is 11.6 Å². The van der Waals surface area contributed by atoms with Crippen molar-refractivity contribution >= 4 is 5.82 Å². The summed E-state index contributed by atoms with van der Waals surface area (Å²) in [5, 5.41) is 12.4. The van der Waals surface area contributed by atoms with Crippen molar-refractivity contribution in [2.75, 3.05) is 5.32 Å². The maximum atomic E-state index is 14.2. The lowest BCUT2D eigenvalue weighted by molar-refractivity contribution is 0.511. The first-order chi connectivity index (χ1) is 11.7. The molecule has 0 aliphatic heterocycles. The summed E-state index contributed by atoms with van der Waals surface area (Å²) < 4.78 is 27.7. The minimum atomic E-state index is -0.935. The Hall–Kier alpha value is -2.55. The summed E-state index contributed by atoms with van der Waals surface area (Å²) in [6.07, 6.45) is 8.03. The highest BCUT2D eigenvalue weighted by Crippen LogP contribution is 2.31. The third kappa shape index (κ3) is 3.51. The van der Waals surface area contributed by atoms with Crippen molar-refractivity contribution < 1.29 is 8.78 Å². The van der Waals surface area contributed by atoms with E-state index in [9.17, 15) is 8.78 Å². The van der Waals surface area contributed by atoms with E-state index in [1.165, 1.54) is 31.2 Å². The number of hydrogen-bond acceptors (Lipinski definition) is 4. The van der Waals surface area contributed by atoms with E-state index in [0.717, 1.165) is 31.7 Å². The van der Waals surface area contributed by atoms with Gasteiger partial charge in [0.25, 0.3) is 0 Å². The van der Waals surface area contributed by atoms with Crippen LogP contribution in [0.15, 0.2) is 24.4 Å². The van der Waals surface area contributed by atoms with Gasteiger partial charge >= 0.3 is 0 Å². The molecule has 4 nitrogen and oxygen atoms in total. The molecule has 1 aliphatic rings. The van der Waals surface area contributed by atoms with Crippen molar-refractivity contribution in [1.82, 2.24) is 9.97 Å². The van der Waals surface area contributed by atoms with Gasteiger partial charge in [-0.25, -0.2) is 18.7 Å². The van der Waals surface area contributed by atoms with Crippen LogP contribution in [0.4, 0.5) is 14.6 Å². The molecular weight excluding hydrogens is 310 g/mol. The molecule has 1 aromatic carbocycles. The molecule has 24 heavy (non-hydrogen) atoms. The molecule has 1 N–H and O–H groups in total. The van der Waals surface area contributed by atoms with Gasteiger partial charge in [0.05, 0.1) is 0 Å². The molecule has 124 valence electrons. The minimum absolute atomic E-state index is 0.00619. The fourth-order valence-corrected chi connectivity index (χ4v) is 3.07. The SMILES string of the molecule is N#Cc1ncc(-c2cccc(F)c2F)c(NC2CCCCCC2)n1. The van der Waals surface area contributed by atoms with Gasteiger partial charge in [0.2, 0.25) is 5.82 Å². The van der Waals surface area contributed by atoms with Gasteiger partial charge in [-0.05, 0) is 18.9 Å². The van der Waals surface area contributed by atoms with Crippen molar-refractivity contribution in [2.45, 2.75) is 44.6 Å². The van der Waals surface area contributed by atoms with Gasteiger partial charge in [-0.2, -0.15) is 5.26 Å². The first-order valence-electron chi connectivity index (χ1n) is 8.17. The maximum Gasteiger partial charge on any atom is 0.234 e. The van der Waals surface area contributed by atoms with Gasteiger partial charge in [-0.15, -0.1) is 0 Å². The average Bonchev–Trinajstić information content (AvgIpc) is 2.86. The number of rotatable bonds is 3. The molecule has 0 atom stereocenters. The Morgan fingerprint density at radius 3 is 2.54 bits per heavy atom. The van der Waals surface area contributed by atoms with Crippen LogP contribution in [0.2, 0.25) is 0 Å². The second-order valence-corrected chi connectivity index (χ2v) is 6.00. The van der Waals surface area contributed by atoms with Crippen LogP contribution in [0.1, 0.15) is 44.3 Å². The van der Waals surface area contributed by atoms with Crippen molar-refractivity contribution in [3.8, 4) is 17.2 Å². The average molecular weight is 328 g/mol. The number of hydrogen-bond donors (Lipinski definition) is 1. The zero-order chi connectivity index (χ0) is 16.9. The predicted molar refractivity (Wildman–Crippen MR) is 87.2 cm³/mol.